The Morgan fingerprint density at radius 2 is 2.20 bits per heavy atom. The number of hydrogen-bond donors (Lipinski definition) is 2. The smallest absolute Gasteiger partial charge is 0.279 e. The van der Waals surface area contributed by atoms with Crippen LogP contribution in [0.5, 0.6) is 0 Å². The first-order chi connectivity index (χ1) is 9.40. The van der Waals surface area contributed by atoms with Crippen LogP contribution in [0.3, 0.4) is 0 Å². The van der Waals surface area contributed by atoms with E-state index in [0.717, 1.165) is 16.8 Å². The van der Waals surface area contributed by atoms with Gasteiger partial charge in [0.1, 0.15) is 0 Å². The second kappa shape index (κ2) is 5.71. The fourth-order valence-electron chi connectivity index (χ4n) is 2.20. The van der Waals surface area contributed by atoms with Crippen molar-refractivity contribution in [2.24, 2.45) is 11.0 Å². The van der Waals surface area contributed by atoms with Crippen LogP contribution in [-0.4, -0.2) is 18.2 Å². The van der Waals surface area contributed by atoms with Crippen LogP contribution in [0, 0.1) is 12.8 Å². The molecule has 0 saturated carbocycles. The number of fused-ring (bicyclic) bond motifs is 1. The number of anilines is 1. The maximum Gasteiger partial charge on any atom is 0.279 e. The van der Waals surface area contributed by atoms with Crippen LogP contribution in [-0.2, 0) is 4.79 Å². The summed E-state index contributed by atoms with van der Waals surface area (Å²) in [6.07, 6.45) is 0. The van der Waals surface area contributed by atoms with Crippen molar-refractivity contribution >= 4 is 29.9 Å². The quantitative estimate of drug-likeness (QED) is 0.661. The van der Waals surface area contributed by atoms with E-state index in [4.69, 9.17) is 0 Å². The second-order valence-corrected chi connectivity index (χ2v) is 5.89. The Kier molecular flexibility index (Phi) is 4.18. The summed E-state index contributed by atoms with van der Waals surface area (Å²) in [6.45, 7) is 10.5. The predicted octanol–water partition coefficient (Wildman–Crippen LogP) is 2.69. The third kappa shape index (κ3) is 2.88. The van der Waals surface area contributed by atoms with E-state index in [1.54, 1.807) is 4.90 Å². The third-order valence-corrected chi connectivity index (χ3v) is 3.09. The van der Waals surface area contributed by atoms with Gasteiger partial charge in [0.2, 0.25) is 0 Å². The van der Waals surface area contributed by atoms with Gasteiger partial charge in [-0.15, -0.1) is 12.6 Å². The van der Waals surface area contributed by atoms with Gasteiger partial charge in [0.25, 0.3) is 5.91 Å². The molecule has 1 N–H and O–H groups in total. The molecule has 0 unspecified atom stereocenters. The number of benzene rings is 1. The van der Waals surface area contributed by atoms with Gasteiger partial charge >= 0.3 is 0 Å². The monoisotopic (exact) mass is 289 g/mol. The molecule has 0 bridgehead atoms. The van der Waals surface area contributed by atoms with Gasteiger partial charge in [-0.1, -0.05) is 32.1 Å². The van der Waals surface area contributed by atoms with Gasteiger partial charge in [-0.3, -0.25) is 10.2 Å². The molecule has 1 amide bonds. The molecular weight excluding hydrogens is 270 g/mol. The van der Waals surface area contributed by atoms with Crippen molar-refractivity contribution in [1.82, 2.24) is 5.43 Å². The number of thiol groups is 1. The molecule has 0 atom stereocenters. The van der Waals surface area contributed by atoms with Gasteiger partial charge < -0.3 is 4.90 Å². The Hall–Kier alpha value is -1.75. The van der Waals surface area contributed by atoms with Crippen molar-refractivity contribution in [1.29, 1.82) is 0 Å². The zero-order valence-electron chi connectivity index (χ0n) is 12.0. The average molecular weight is 289 g/mol. The van der Waals surface area contributed by atoms with E-state index in [-0.39, 0.29) is 5.91 Å². The SMILES string of the molecule is C=C(S)N/N=C1\C(=O)N(CC(C)C)c2ccc(C)cc21. The fraction of sp³-hybridized carbons (Fsp3) is 0.333. The van der Waals surface area contributed by atoms with E-state index < -0.39 is 0 Å². The molecular formula is C15H19N3OS. The van der Waals surface area contributed by atoms with E-state index in [2.05, 4.69) is 43.6 Å². The van der Waals surface area contributed by atoms with Crippen LogP contribution in [0.1, 0.15) is 25.0 Å². The van der Waals surface area contributed by atoms with Crippen LogP contribution >= 0.6 is 12.6 Å². The summed E-state index contributed by atoms with van der Waals surface area (Å²) < 4.78 is 0. The molecule has 1 aliphatic rings. The van der Waals surface area contributed by atoms with Crippen molar-refractivity contribution in [3.05, 3.63) is 40.9 Å². The molecule has 1 aromatic carbocycles. The molecule has 4 nitrogen and oxygen atoms in total. The van der Waals surface area contributed by atoms with E-state index in [0.29, 0.717) is 23.2 Å². The lowest BCUT2D eigenvalue weighted by atomic mass is 10.1. The molecule has 106 valence electrons. The summed E-state index contributed by atoms with van der Waals surface area (Å²) in [7, 11) is 0. The summed E-state index contributed by atoms with van der Waals surface area (Å²) in [5.74, 6) is 0.307. The molecule has 0 aliphatic carbocycles. The van der Waals surface area contributed by atoms with Gasteiger partial charge in [0, 0.05) is 12.1 Å². The minimum absolute atomic E-state index is 0.0821. The molecule has 5 heteroatoms. The number of hydrogen-bond acceptors (Lipinski definition) is 4. The van der Waals surface area contributed by atoms with Crippen LogP contribution < -0.4 is 10.3 Å². The van der Waals surface area contributed by atoms with Gasteiger partial charge in [-0.05, 0) is 25.0 Å². The van der Waals surface area contributed by atoms with Crippen LogP contribution in [0.15, 0.2) is 34.9 Å². The van der Waals surface area contributed by atoms with Crippen LogP contribution in [0.2, 0.25) is 0 Å². The maximum atomic E-state index is 12.5. The molecule has 1 heterocycles. The Balaban J connectivity index is 2.46. The number of hydrazone groups is 1. The lowest BCUT2D eigenvalue weighted by Crippen LogP contribution is -2.33. The number of nitrogens with zero attached hydrogens (tertiary/aromatic N) is 2. The summed E-state index contributed by atoms with van der Waals surface area (Å²) >= 11 is 4.03. The van der Waals surface area contributed by atoms with E-state index >= 15 is 0 Å². The van der Waals surface area contributed by atoms with Crippen molar-refractivity contribution in [2.75, 3.05) is 11.4 Å². The molecule has 0 saturated heterocycles. The average Bonchev–Trinajstić information content (AvgIpc) is 2.59. The second-order valence-electron chi connectivity index (χ2n) is 5.35. The number of amides is 1. The normalized spacial score (nSPS) is 15.9. The first-order valence-corrected chi connectivity index (χ1v) is 6.99. The number of carbonyl (C=O) groups is 1. The van der Waals surface area contributed by atoms with Gasteiger partial charge in [0.05, 0.1) is 10.7 Å². The predicted molar refractivity (Wildman–Crippen MR) is 86.2 cm³/mol. The topological polar surface area (TPSA) is 44.7 Å². The van der Waals surface area contributed by atoms with E-state index in [1.165, 1.54) is 0 Å². The molecule has 0 aromatic heterocycles. The van der Waals surface area contributed by atoms with E-state index in [9.17, 15) is 4.79 Å². The van der Waals surface area contributed by atoms with Crippen LogP contribution in [0.4, 0.5) is 5.69 Å². The maximum absolute atomic E-state index is 12.5. The van der Waals surface area contributed by atoms with Crippen molar-refractivity contribution in [3.63, 3.8) is 0 Å². The molecule has 20 heavy (non-hydrogen) atoms. The Labute approximate surface area is 125 Å². The standard InChI is InChI=1S/C15H19N3OS/c1-9(2)8-18-13-6-5-10(3)7-12(13)14(15(18)19)17-16-11(4)20/h5-7,9,16,20H,4,8H2,1-3H3/b17-14-. The number of rotatable bonds is 4. The highest BCUT2D eigenvalue weighted by Crippen LogP contribution is 2.30. The van der Waals surface area contributed by atoms with Crippen molar-refractivity contribution in [2.45, 2.75) is 20.8 Å². The van der Waals surface area contributed by atoms with Gasteiger partial charge in [0.15, 0.2) is 5.71 Å². The summed E-state index contributed by atoms with van der Waals surface area (Å²) in [6, 6.07) is 5.96. The zero-order valence-corrected chi connectivity index (χ0v) is 12.9. The minimum Gasteiger partial charge on any atom is -0.306 e. The molecule has 0 radical (unpaired) electrons. The molecule has 0 spiro atoms. The Morgan fingerprint density at radius 1 is 1.50 bits per heavy atom. The van der Waals surface area contributed by atoms with Gasteiger partial charge in [-0.2, -0.15) is 5.10 Å². The highest BCUT2D eigenvalue weighted by Gasteiger charge is 2.34. The summed E-state index contributed by atoms with van der Waals surface area (Å²) in [5, 5.41) is 4.55. The van der Waals surface area contributed by atoms with Crippen molar-refractivity contribution in [3.8, 4) is 0 Å². The highest BCUT2D eigenvalue weighted by molar-refractivity contribution is 7.84. The minimum atomic E-state index is -0.0821. The molecule has 1 aromatic rings. The zero-order chi connectivity index (χ0) is 14.9. The van der Waals surface area contributed by atoms with Crippen LogP contribution in [0.25, 0.3) is 0 Å². The lowest BCUT2D eigenvalue weighted by molar-refractivity contribution is -0.112. The molecule has 2 rings (SSSR count). The highest BCUT2D eigenvalue weighted by atomic mass is 32.1. The fourth-order valence-corrected chi connectivity index (χ4v) is 2.25. The third-order valence-electron chi connectivity index (χ3n) is 2.99. The number of aryl methyl sites for hydroxylation is 1. The number of nitrogens with one attached hydrogen (secondary N) is 1. The van der Waals surface area contributed by atoms with Gasteiger partial charge in [-0.25, -0.2) is 0 Å². The Morgan fingerprint density at radius 3 is 2.80 bits per heavy atom. The van der Waals surface area contributed by atoms with E-state index in [1.807, 2.05) is 25.1 Å². The summed E-state index contributed by atoms with van der Waals surface area (Å²) in [5.41, 5.74) is 5.95. The number of carbonyl (C=O) groups excluding carboxylic acids is 1. The molecule has 1 aliphatic heterocycles. The lowest BCUT2D eigenvalue weighted by Gasteiger charge is -2.19. The summed E-state index contributed by atoms with van der Waals surface area (Å²) in [4.78, 5) is 14.3. The first kappa shape index (κ1) is 14.7. The van der Waals surface area contributed by atoms with Crippen molar-refractivity contribution < 1.29 is 4.79 Å². The first-order valence-electron chi connectivity index (χ1n) is 6.54. The Bertz CT molecular complexity index is 593. The largest absolute Gasteiger partial charge is 0.306 e. The molecule has 0 fully saturated rings.